The average molecular weight is 277 g/mol. The van der Waals surface area contributed by atoms with Crippen molar-refractivity contribution in [2.45, 2.75) is 26.7 Å². The molecule has 0 radical (unpaired) electrons. The Morgan fingerprint density at radius 3 is 2.30 bits per heavy atom. The molecule has 5 nitrogen and oxygen atoms in total. The highest BCUT2D eigenvalue weighted by atomic mass is 16.2. The zero-order valence-corrected chi connectivity index (χ0v) is 12.3. The van der Waals surface area contributed by atoms with E-state index in [-0.39, 0.29) is 11.8 Å². The third-order valence-electron chi connectivity index (χ3n) is 3.63. The van der Waals surface area contributed by atoms with E-state index in [0.29, 0.717) is 25.1 Å². The smallest absolute Gasteiger partial charge is 0.231 e. The van der Waals surface area contributed by atoms with Gasteiger partial charge in [-0.05, 0) is 31.0 Å². The minimum atomic E-state index is -0.555. The van der Waals surface area contributed by atoms with Gasteiger partial charge in [-0.2, -0.15) is 0 Å². The van der Waals surface area contributed by atoms with Crippen LogP contribution in [0.5, 0.6) is 0 Å². The molecule has 2 amide bonds. The average Bonchev–Trinajstić information content (AvgIpc) is 2.48. The Bertz CT molecular complexity index is 465. The number of likely N-dealkylation sites (N-methyl/N-ethyl adjacent to an activating group) is 1. The molecule has 0 aliphatic heterocycles. The van der Waals surface area contributed by atoms with E-state index in [4.69, 9.17) is 5.73 Å². The second kappa shape index (κ2) is 7.05. The van der Waals surface area contributed by atoms with Crippen molar-refractivity contribution >= 4 is 17.5 Å². The number of carbonyl (C=O) groups excluding carboxylic acids is 2. The summed E-state index contributed by atoms with van der Waals surface area (Å²) in [5.74, 6) is -0.120. The van der Waals surface area contributed by atoms with Crippen molar-refractivity contribution in [1.82, 2.24) is 5.32 Å². The zero-order valence-electron chi connectivity index (χ0n) is 12.3. The molecular formula is C15H23N3O2. The van der Waals surface area contributed by atoms with Crippen LogP contribution < -0.4 is 16.4 Å². The van der Waals surface area contributed by atoms with Crippen molar-refractivity contribution < 1.29 is 9.59 Å². The summed E-state index contributed by atoms with van der Waals surface area (Å²) in [6.45, 7) is 4.10. The number of hydrogen-bond donors (Lipinski definition) is 3. The standard InChI is InChI=1S/C15H23N3O2/c1-4-15(2,10-16)14(20)18-12-7-5-11(6-8-12)9-13(19)17-3/h5-8H,4,9-10,16H2,1-3H3,(H,17,19)(H,18,20). The molecule has 110 valence electrons. The molecule has 0 bridgehead atoms. The van der Waals surface area contributed by atoms with Gasteiger partial charge in [0.25, 0.3) is 0 Å². The van der Waals surface area contributed by atoms with E-state index in [1.807, 2.05) is 26.0 Å². The SMILES string of the molecule is CCC(C)(CN)C(=O)Nc1ccc(CC(=O)NC)cc1. The molecule has 5 heteroatoms. The molecule has 0 spiro atoms. The monoisotopic (exact) mass is 277 g/mol. The Kier molecular flexibility index (Phi) is 5.70. The topological polar surface area (TPSA) is 84.2 Å². The van der Waals surface area contributed by atoms with Gasteiger partial charge in [-0.25, -0.2) is 0 Å². The number of benzene rings is 1. The first-order chi connectivity index (χ1) is 9.45. The van der Waals surface area contributed by atoms with E-state index in [9.17, 15) is 9.59 Å². The lowest BCUT2D eigenvalue weighted by molar-refractivity contribution is -0.124. The Labute approximate surface area is 119 Å². The lowest BCUT2D eigenvalue weighted by atomic mass is 9.86. The van der Waals surface area contributed by atoms with Gasteiger partial charge >= 0.3 is 0 Å². The molecule has 0 aliphatic rings. The van der Waals surface area contributed by atoms with Crippen LogP contribution in [0.25, 0.3) is 0 Å². The summed E-state index contributed by atoms with van der Waals surface area (Å²) in [7, 11) is 1.61. The van der Waals surface area contributed by atoms with E-state index >= 15 is 0 Å². The van der Waals surface area contributed by atoms with Gasteiger partial charge in [-0.3, -0.25) is 9.59 Å². The fraction of sp³-hybridized carbons (Fsp3) is 0.467. The number of carbonyl (C=O) groups is 2. The summed E-state index contributed by atoms with van der Waals surface area (Å²) in [5, 5.41) is 5.43. The molecule has 4 N–H and O–H groups in total. The molecule has 1 rings (SSSR count). The summed E-state index contributed by atoms with van der Waals surface area (Å²) in [6, 6.07) is 7.25. The molecule has 1 aromatic rings. The van der Waals surface area contributed by atoms with Crippen molar-refractivity contribution in [3.8, 4) is 0 Å². The second-order valence-corrected chi connectivity index (χ2v) is 5.12. The van der Waals surface area contributed by atoms with Gasteiger partial charge in [0, 0.05) is 19.3 Å². The van der Waals surface area contributed by atoms with E-state index in [1.54, 1.807) is 19.2 Å². The third-order valence-corrected chi connectivity index (χ3v) is 3.63. The minimum Gasteiger partial charge on any atom is -0.359 e. The van der Waals surface area contributed by atoms with Gasteiger partial charge in [0.2, 0.25) is 11.8 Å². The number of nitrogens with two attached hydrogens (primary N) is 1. The van der Waals surface area contributed by atoms with Gasteiger partial charge in [0.1, 0.15) is 0 Å². The first-order valence-electron chi connectivity index (χ1n) is 6.76. The molecule has 0 fully saturated rings. The van der Waals surface area contributed by atoms with Crippen molar-refractivity contribution in [1.29, 1.82) is 0 Å². The van der Waals surface area contributed by atoms with Crippen LogP contribution in [0.3, 0.4) is 0 Å². The summed E-state index contributed by atoms with van der Waals surface area (Å²) >= 11 is 0. The molecule has 1 atom stereocenters. The summed E-state index contributed by atoms with van der Waals surface area (Å²) in [4.78, 5) is 23.4. The van der Waals surface area contributed by atoms with Gasteiger partial charge in [-0.1, -0.05) is 19.1 Å². The fourth-order valence-electron chi connectivity index (χ4n) is 1.66. The predicted octanol–water partition coefficient (Wildman–Crippen LogP) is 1.29. The maximum absolute atomic E-state index is 12.2. The van der Waals surface area contributed by atoms with E-state index in [2.05, 4.69) is 10.6 Å². The number of hydrogen-bond acceptors (Lipinski definition) is 3. The highest BCUT2D eigenvalue weighted by molar-refractivity contribution is 5.95. The van der Waals surface area contributed by atoms with Gasteiger partial charge in [0.15, 0.2) is 0 Å². The molecule has 20 heavy (non-hydrogen) atoms. The maximum Gasteiger partial charge on any atom is 0.231 e. The van der Waals surface area contributed by atoms with Crippen molar-refractivity contribution in [2.75, 3.05) is 18.9 Å². The number of amides is 2. The largest absolute Gasteiger partial charge is 0.359 e. The van der Waals surface area contributed by atoms with Crippen LogP contribution in [-0.2, 0) is 16.0 Å². The highest BCUT2D eigenvalue weighted by Crippen LogP contribution is 2.22. The Morgan fingerprint density at radius 2 is 1.85 bits per heavy atom. The maximum atomic E-state index is 12.2. The molecule has 0 aromatic heterocycles. The zero-order chi connectivity index (χ0) is 15.2. The van der Waals surface area contributed by atoms with Crippen LogP contribution in [0.2, 0.25) is 0 Å². The Balaban J connectivity index is 2.70. The van der Waals surface area contributed by atoms with Crippen LogP contribution in [0.15, 0.2) is 24.3 Å². The van der Waals surface area contributed by atoms with E-state index in [1.165, 1.54) is 0 Å². The van der Waals surface area contributed by atoms with Crippen molar-refractivity contribution in [3.63, 3.8) is 0 Å². The molecular weight excluding hydrogens is 254 g/mol. The normalized spacial score (nSPS) is 13.4. The summed E-state index contributed by atoms with van der Waals surface area (Å²) in [6.07, 6.45) is 1.02. The lowest BCUT2D eigenvalue weighted by Crippen LogP contribution is -2.39. The molecule has 1 unspecified atom stereocenters. The van der Waals surface area contributed by atoms with Crippen molar-refractivity contribution in [3.05, 3.63) is 29.8 Å². The van der Waals surface area contributed by atoms with Crippen LogP contribution in [-0.4, -0.2) is 25.4 Å². The van der Waals surface area contributed by atoms with Crippen LogP contribution in [0.4, 0.5) is 5.69 Å². The van der Waals surface area contributed by atoms with Crippen molar-refractivity contribution in [2.24, 2.45) is 11.1 Å². The molecule has 0 aliphatic carbocycles. The van der Waals surface area contributed by atoms with Gasteiger partial charge in [0.05, 0.1) is 11.8 Å². The van der Waals surface area contributed by atoms with E-state index in [0.717, 1.165) is 5.56 Å². The molecule has 0 saturated carbocycles. The molecule has 0 saturated heterocycles. The summed E-state index contributed by atoms with van der Waals surface area (Å²) < 4.78 is 0. The molecule has 0 heterocycles. The van der Waals surface area contributed by atoms with Crippen LogP contribution in [0.1, 0.15) is 25.8 Å². The predicted molar refractivity (Wildman–Crippen MR) is 80.3 cm³/mol. The fourth-order valence-corrected chi connectivity index (χ4v) is 1.66. The van der Waals surface area contributed by atoms with Crippen LogP contribution in [0, 0.1) is 5.41 Å². The number of anilines is 1. The van der Waals surface area contributed by atoms with Gasteiger partial charge < -0.3 is 16.4 Å². The quantitative estimate of drug-likeness (QED) is 0.732. The third kappa shape index (κ3) is 4.06. The first kappa shape index (κ1) is 16.2. The Hall–Kier alpha value is -1.88. The number of rotatable bonds is 6. The Morgan fingerprint density at radius 1 is 1.25 bits per heavy atom. The second-order valence-electron chi connectivity index (χ2n) is 5.12. The van der Waals surface area contributed by atoms with E-state index < -0.39 is 5.41 Å². The lowest BCUT2D eigenvalue weighted by Gasteiger charge is -2.24. The number of nitrogens with one attached hydrogen (secondary N) is 2. The summed E-state index contributed by atoms with van der Waals surface area (Å²) in [5.41, 5.74) is 6.72. The first-order valence-corrected chi connectivity index (χ1v) is 6.76. The molecule has 1 aromatic carbocycles. The highest BCUT2D eigenvalue weighted by Gasteiger charge is 2.29. The minimum absolute atomic E-state index is 0.0384. The van der Waals surface area contributed by atoms with Crippen LogP contribution >= 0.6 is 0 Å². The van der Waals surface area contributed by atoms with Gasteiger partial charge in [-0.15, -0.1) is 0 Å².